The summed E-state index contributed by atoms with van der Waals surface area (Å²) in [6, 6.07) is 6.12. The van der Waals surface area contributed by atoms with Gasteiger partial charge in [0.15, 0.2) is 0 Å². The Hall–Kier alpha value is -1.29. The van der Waals surface area contributed by atoms with Crippen LogP contribution in [-0.4, -0.2) is 28.3 Å². The predicted octanol–water partition coefficient (Wildman–Crippen LogP) is 2.30. The van der Waals surface area contributed by atoms with Crippen LogP contribution in [0.3, 0.4) is 0 Å². The fourth-order valence-corrected chi connectivity index (χ4v) is 1.95. The number of fused-ring (bicyclic) bond motifs is 1. The molecule has 0 aliphatic rings. The van der Waals surface area contributed by atoms with Crippen LogP contribution in [0.1, 0.15) is 5.56 Å². The first-order valence-corrected chi connectivity index (χ1v) is 5.52. The zero-order valence-electron chi connectivity index (χ0n) is 8.11. The Balaban J connectivity index is 2.53. The first kappa shape index (κ1) is 9.27. The fraction of sp³-hybridized carbons (Fsp3) is 0.200. The number of imidazole rings is 1. The van der Waals surface area contributed by atoms with Crippen molar-refractivity contribution in [2.24, 2.45) is 4.99 Å². The quantitative estimate of drug-likeness (QED) is 0.573. The second-order valence-electron chi connectivity index (χ2n) is 2.87. The minimum absolute atomic E-state index is 0.991. The predicted molar refractivity (Wildman–Crippen MR) is 62.1 cm³/mol. The summed E-state index contributed by atoms with van der Waals surface area (Å²) in [5.41, 5.74) is 3.18. The second-order valence-corrected chi connectivity index (χ2v) is 3.66. The molecule has 1 aromatic carbocycles. The van der Waals surface area contributed by atoms with Crippen molar-refractivity contribution in [3.05, 3.63) is 30.1 Å². The van der Waals surface area contributed by atoms with Gasteiger partial charge >= 0.3 is 0 Å². The fourth-order valence-electron chi connectivity index (χ4n) is 1.41. The van der Waals surface area contributed by atoms with Crippen LogP contribution in [0.2, 0.25) is 0 Å². The molecule has 0 aliphatic heterocycles. The molecule has 1 N–H and O–H groups in total. The number of benzene rings is 1. The first-order valence-electron chi connectivity index (χ1n) is 4.29. The van der Waals surface area contributed by atoms with E-state index in [1.54, 1.807) is 18.1 Å². The van der Waals surface area contributed by atoms with Gasteiger partial charge in [-0.2, -0.15) is 0 Å². The summed E-state index contributed by atoms with van der Waals surface area (Å²) in [4.78, 5) is 11.5. The van der Waals surface area contributed by atoms with Crippen molar-refractivity contribution >= 4 is 27.8 Å². The highest BCUT2D eigenvalue weighted by Gasteiger charge is 2.02. The van der Waals surface area contributed by atoms with Crippen LogP contribution >= 0.6 is 11.8 Å². The van der Waals surface area contributed by atoms with Gasteiger partial charge in [0.2, 0.25) is 0 Å². The molecule has 72 valence electrons. The number of aliphatic imine (C=N–C) groups is 1. The van der Waals surface area contributed by atoms with Gasteiger partial charge in [0.05, 0.1) is 22.4 Å². The molecule has 2 aromatic rings. The Morgan fingerprint density at radius 3 is 3.07 bits per heavy atom. The van der Waals surface area contributed by atoms with Gasteiger partial charge in [-0.3, -0.25) is 4.99 Å². The Bertz CT molecular complexity index is 473. The van der Waals surface area contributed by atoms with E-state index in [9.17, 15) is 0 Å². The lowest BCUT2D eigenvalue weighted by Gasteiger charge is -2.01. The van der Waals surface area contributed by atoms with E-state index in [1.807, 2.05) is 25.4 Å². The molecule has 3 nitrogen and oxygen atoms in total. The molecule has 0 aliphatic carbocycles. The molecule has 14 heavy (non-hydrogen) atoms. The lowest BCUT2D eigenvalue weighted by atomic mass is 10.2. The van der Waals surface area contributed by atoms with E-state index in [4.69, 9.17) is 0 Å². The van der Waals surface area contributed by atoms with E-state index in [2.05, 4.69) is 21.0 Å². The van der Waals surface area contributed by atoms with Crippen molar-refractivity contribution < 1.29 is 0 Å². The minimum Gasteiger partial charge on any atom is -0.345 e. The molecular formula is C10H11N3S. The van der Waals surface area contributed by atoms with Crippen LogP contribution in [0.4, 0.5) is 0 Å². The topological polar surface area (TPSA) is 41.0 Å². The lowest BCUT2D eigenvalue weighted by Crippen LogP contribution is -1.93. The molecule has 1 aromatic heterocycles. The number of hydrogen-bond donors (Lipinski definition) is 1. The maximum absolute atomic E-state index is 4.21. The second kappa shape index (κ2) is 3.84. The maximum atomic E-state index is 4.21. The van der Waals surface area contributed by atoms with E-state index in [1.165, 1.54) is 0 Å². The third-order valence-corrected chi connectivity index (χ3v) is 2.87. The van der Waals surface area contributed by atoms with Crippen LogP contribution in [-0.2, 0) is 0 Å². The average Bonchev–Trinajstić information content (AvgIpc) is 2.66. The van der Waals surface area contributed by atoms with Crippen molar-refractivity contribution in [3.63, 3.8) is 0 Å². The van der Waals surface area contributed by atoms with Gasteiger partial charge in [-0.25, -0.2) is 4.98 Å². The van der Waals surface area contributed by atoms with Crippen molar-refractivity contribution in [3.8, 4) is 0 Å². The number of aromatic amines is 1. The average molecular weight is 205 g/mol. The standard InChI is InChI=1S/C10H11N3S/c1-11-10(14-2)7-3-4-8-9(5-7)13-6-12-8/h3-6H,1-2H3,(H,12,13). The van der Waals surface area contributed by atoms with E-state index in [0.717, 1.165) is 21.6 Å². The van der Waals surface area contributed by atoms with Gasteiger partial charge in [-0.1, -0.05) is 0 Å². The molecule has 2 rings (SSSR count). The third-order valence-electron chi connectivity index (χ3n) is 2.06. The SMILES string of the molecule is CN=C(SC)c1ccc2nc[nH]c2c1. The summed E-state index contributed by atoms with van der Waals surface area (Å²) in [7, 11) is 1.81. The molecule has 4 heteroatoms. The van der Waals surface area contributed by atoms with Gasteiger partial charge in [-0.05, 0) is 24.5 Å². The third kappa shape index (κ3) is 1.53. The number of thioether (sulfide) groups is 1. The summed E-state index contributed by atoms with van der Waals surface area (Å²) in [5, 5.41) is 1.04. The number of rotatable bonds is 1. The van der Waals surface area contributed by atoms with Gasteiger partial charge in [0.25, 0.3) is 0 Å². The van der Waals surface area contributed by atoms with Crippen LogP contribution in [0, 0.1) is 0 Å². The van der Waals surface area contributed by atoms with E-state index in [0.29, 0.717) is 0 Å². The Morgan fingerprint density at radius 2 is 2.36 bits per heavy atom. The lowest BCUT2D eigenvalue weighted by molar-refractivity contribution is 1.34. The molecule has 0 amide bonds. The van der Waals surface area contributed by atoms with Gasteiger partial charge < -0.3 is 4.98 Å². The molecular weight excluding hydrogens is 194 g/mol. The van der Waals surface area contributed by atoms with Crippen LogP contribution in [0.5, 0.6) is 0 Å². The van der Waals surface area contributed by atoms with Crippen LogP contribution in [0.15, 0.2) is 29.5 Å². The number of aromatic nitrogens is 2. The summed E-state index contributed by atoms with van der Waals surface area (Å²) in [6.45, 7) is 0. The number of hydrogen-bond acceptors (Lipinski definition) is 3. The molecule has 0 saturated heterocycles. The Labute approximate surface area is 86.7 Å². The highest BCUT2D eigenvalue weighted by molar-refractivity contribution is 8.13. The molecule has 1 heterocycles. The zero-order chi connectivity index (χ0) is 9.97. The Morgan fingerprint density at radius 1 is 1.50 bits per heavy atom. The molecule has 0 bridgehead atoms. The number of nitrogens with one attached hydrogen (secondary N) is 1. The normalized spacial score (nSPS) is 12.3. The molecule has 0 unspecified atom stereocenters. The highest BCUT2D eigenvalue weighted by atomic mass is 32.2. The molecule has 0 fully saturated rings. The molecule has 0 spiro atoms. The van der Waals surface area contributed by atoms with Gasteiger partial charge in [0.1, 0.15) is 0 Å². The number of H-pyrrole nitrogens is 1. The first-order chi connectivity index (χ1) is 6.85. The summed E-state index contributed by atoms with van der Waals surface area (Å²) < 4.78 is 0. The van der Waals surface area contributed by atoms with E-state index >= 15 is 0 Å². The summed E-state index contributed by atoms with van der Waals surface area (Å²) in [5.74, 6) is 0. The van der Waals surface area contributed by atoms with Crippen molar-refractivity contribution in [1.82, 2.24) is 9.97 Å². The monoisotopic (exact) mass is 205 g/mol. The van der Waals surface area contributed by atoms with Gasteiger partial charge in [0, 0.05) is 12.6 Å². The highest BCUT2D eigenvalue weighted by Crippen LogP contribution is 2.16. The zero-order valence-corrected chi connectivity index (χ0v) is 8.93. The Kier molecular flexibility index (Phi) is 2.54. The van der Waals surface area contributed by atoms with Crippen molar-refractivity contribution in [1.29, 1.82) is 0 Å². The summed E-state index contributed by atoms with van der Waals surface area (Å²) in [6.07, 6.45) is 3.73. The molecule has 0 saturated carbocycles. The van der Waals surface area contributed by atoms with Crippen LogP contribution < -0.4 is 0 Å². The minimum atomic E-state index is 0.991. The van der Waals surface area contributed by atoms with E-state index < -0.39 is 0 Å². The maximum Gasteiger partial charge on any atom is 0.0971 e. The molecule has 0 radical (unpaired) electrons. The van der Waals surface area contributed by atoms with Crippen molar-refractivity contribution in [2.75, 3.05) is 13.3 Å². The number of nitrogens with zero attached hydrogens (tertiary/aromatic N) is 2. The largest absolute Gasteiger partial charge is 0.345 e. The van der Waals surface area contributed by atoms with E-state index in [-0.39, 0.29) is 0 Å². The molecule has 0 atom stereocenters. The van der Waals surface area contributed by atoms with Gasteiger partial charge in [-0.15, -0.1) is 11.8 Å². The summed E-state index contributed by atoms with van der Waals surface area (Å²) >= 11 is 1.65. The smallest absolute Gasteiger partial charge is 0.0971 e. The van der Waals surface area contributed by atoms with Crippen molar-refractivity contribution in [2.45, 2.75) is 0 Å². The van der Waals surface area contributed by atoms with Crippen LogP contribution in [0.25, 0.3) is 11.0 Å².